The van der Waals surface area contributed by atoms with E-state index in [1.807, 2.05) is 48.9 Å². The first-order chi connectivity index (χ1) is 8.97. The van der Waals surface area contributed by atoms with E-state index in [1.54, 1.807) is 6.92 Å². The van der Waals surface area contributed by atoms with Gasteiger partial charge >= 0.3 is 0 Å². The number of hydrogen-bond donors (Lipinski definition) is 2. The van der Waals surface area contributed by atoms with Gasteiger partial charge in [0.2, 0.25) is 5.91 Å². The van der Waals surface area contributed by atoms with Gasteiger partial charge in [0, 0.05) is 11.4 Å². The molecule has 0 radical (unpaired) electrons. The van der Waals surface area contributed by atoms with E-state index in [4.69, 9.17) is 5.73 Å². The van der Waals surface area contributed by atoms with Crippen molar-refractivity contribution in [1.29, 1.82) is 0 Å². The van der Waals surface area contributed by atoms with E-state index in [1.165, 1.54) is 0 Å². The number of benzene rings is 1. The highest BCUT2D eigenvalue weighted by Crippen LogP contribution is 2.16. The van der Waals surface area contributed by atoms with Crippen LogP contribution in [0.15, 0.2) is 30.3 Å². The molecule has 2 rings (SSSR count). The Labute approximate surface area is 124 Å². The Hall–Kier alpha value is -1.85. The Balaban J connectivity index is 0.00000200. The van der Waals surface area contributed by atoms with Gasteiger partial charge in [-0.2, -0.15) is 5.10 Å². The topological polar surface area (TPSA) is 72.9 Å². The fourth-order valence-electron chi connectivity index (χ4n) is 1.86. The zero-order valence-corrected chi connectivity index (χ0v) is 12.6. The number of aromatic nitrogens is 2. The summed E-state index contributed by atoms with van der Waals surface area (Å²) < 4.78 is 1.84. The standard InChI is InChI=1S/C14H18N4O.ClH/c1-9-7-10(2)18(17-9)13-6-4-5-12(8-13)16-14(19)11(3)15;/h4-8,11H,15H2,1-3H3,(H,16,19);1H/t11-;/m0./s1. The second kappa shape index (κ2) is 6.54. The van der Waals surface area contributed by atoms with Crippen molar-refractivity contribution in [2.45, 2.75) is 26.8 Å². The summed E-state index contributed by atoms with van der Waals surface area (Å²) in [6.45, 7) is 5.60. The second-order valence-corrected chi connectivity index (χ2v) is 4.67. The molecule has 0 saturated carbocycles. The number of carbonyl (C=O) groups excluding carboxylic acids is 1. The van der Waals surface area contributed by atoms with Crippen LogP contribution in [0.3, 0.4) is 0 Å². The van der Waals surface area contributed by atoms with Crippen molar-refractivity contribution >= 4 is 24.0 Å². The van der Waals surface area contributed by atoms with Crippen molar-refractivity contribution < 1.29 is 4.79 Å². The van der Waals surface area contributed by atoms with Gasteiger partial charge in [0.15, 0.2) is 0 Å². The normalized spacial score (nSPS) is 11.6. The van der Waals surface area contributed by atoms with Gasteiger partial charge in [-0.1, -0.05) is 6.07 Å². The molecule has 3 N–H and O–H groups in total. The van der Waals surface area contributed by atoms with Crippen molar-refractivity contribution in [2.24, 2.45) is 5.73 Å². The summed E-state index contributed by atoms with van der Waals surface area (Å²) in [7, 11) is 0. The van der Waals surface area contributed by atoms with Gasteiger partial charge in [-0.05, 0) is 45.0 Å². The van der Waals surface area contributed by atoms with Crippen molar-refractivity contribution in [1.82, 2.24) is 9.78 Å². The molecule has 2 aromatic rings. The maximum absolute atomic E-state index is 11.6. The Morgan fingerprint density at radius 3 is 2.60 bits per heavy atom. The Bertz CT molecular complexity index is 607. The van der Waals surface area contributed by atoms with Crippen LogP contribution in [0.2, 0.25) is 0 Å². The molecule has 0 unspecified atom stereocenters. The average molecular weight is 295 g/mol. The first-order valence-electron chi connectivity index (χ1n) is 6.17. The summed E-state index contributed by atoms with van der Waals surface area (Å²) in [6, 6.07) is 9.00. The molecule has 0 aliphatic heterocycles. The maximum atomic E-state index is 11.6. The SMILES string of the molecule is Cc1cc(C)n(-c2cccc(NC(=O)[C@H](C)N)c2)n1.Cl. The minimum absolute atomic E-state index is 0. The van der Waals surface area contributed by atoms with Gasteiger partial charge in [0.25, 0.3) is 0 Å². The highest BCUT2D eigenvalue weighted by atomic mass is 35.5. The molecule has 0 aliphatic rings. The van der Waals surface area contributed by atoms with Crippen molar-refractivity contribution in [3.63, 3.8) is 0 Å². The zero-order valence-electron chi connectivity index (χ0n) is 11.8. The first kappa shape index (κ1) is 16.2. The van der Waals surface area contributed by atoms with Gasteiger partial charge < -0.3 is 11.1 Å². The van der Waals surface area contributed by atoms with Gasteiger partial charge in [0.05, 0.1) is 17.4 Å². The summed E-state index contributed by atoms with van der Waals surface area (Å²) in [5, 5.41) is 7.19. The highest BCUT2D eigenvalue weighted by molar-refractivity contribution is 5.94. The monoisotopic (exact) mass is 294 g/mol. The highest BCUT2D eigenvalue weighted by Gasteiger charge is 2.09. The third kappa shape index (κ3) is 3.59. The lowest BCUT2D eigenvalue weighted by atomic mass is 10.2. The molecule has 6 heteroatoms. The Morgan fingerprint density at radius 2 is 2.05 bits per heavy atom. The van der Waals surface area contributed by atoms with Crippen LogP contribution in [0.1, 0.15) is 18.3 Å². The van der Waals surface area contributed by atoms with Crippen LogP contribution in [0.5, 0.6) is 0 Å². The smallest absolute Gasteiger partial charge is 0.240 e. The number of aryl methyl sites for hydroxylation is 2. The molecule has 1 heterocycles. The van der Waals surface area contributed by atoms with Gasteiger partial charge in [-0.3, -0.25) is 4.79 Å². The minimum Gasteiger partial charge on any atom is -0.325 e. The quantitative estimate of drug-likeness (QED) is 0.911. The predicted molar refractivity (Wildman–Crippen MR) is 82.6 cm³/mol. The van der Waals surface area contributed by atoms with Crippen LogP contribution in [0, 0.1) is 13.8 Å². The van der Waals surface area contributed by atoms with E-state index in [0.29, 0.717) is 5.69 Å². The van der Waals surface area contributed by atoms with E-state index < -0.39 is 6.04 Å². The molecule has 0 aliphatic carbocycles. The number of anilines is 1. The number of carbonyl (C=O) groups is 1. The fourth-order valence-corrected chi connectivity index (χ4v) is 1.86. The van der Waals surface area contributed by atoms with Crippen LogP contribution in [0.25, 0.3) is 5.69 Å². The van der Waals surface area contributed by atoms with Gasteiger partial charge in [0.1, 0.15) is 0 Å². The number of nitrogens with one attached hydrogen (secondary N) is 1. The number of nitrogens with zero attached hydrogens (tertiary/aromatic N) is 2. The summed E-state index contributed by atoms with van der Waals surface area (Å²) in [5.74, 6) is -0.203. The lowest BCUT2D eigenvalue weighted by Gasteiger charge is -2.10. The molecule has 20 heavy (non-hydrogen) atoms. The minimum atomic E-state index is -0.530. The van der Waals surface area contributed by atoms with Crippen LogP contribution >= 0.6 is 12.4 Å². The number of hydrogen-bond acceptors (Lipinski definition) is 3. The molecule has 108 valence electrons. The third-order valence-corrected chi connectivity index (χ3v) is 2.78. The summed E-state index contributed by atoms with van der Waals surface area (Å²) >= 11 is 0. The van der Waals surface area contributed by atoms with Gasteiger partial charge in [-0.25, -0.2) is 4.68 Å². The van der Waals surface area contributed by atoms with E-state index in [0.717, 1.165) is 17.1 Å². The zero-order chi connectivity index (χ0) is 14.0. The van der Waals surface area contributed by atoms with E-state index in [9.17, 15) is 4.79 Å². The summed E-state index contributed by atoms with van der Waals surface area (Å²) in [5.41, 5.74) is 9.17. The Morgan fingerprint density at radius 1 is 1.35 bits per heavy atom. The van der Waals surface area contributed by atoms with Crippen molar-refractivity contribution in [3.8, 4) is 5.69 Å². The van der Waals surface area contributed by atoms with E-state index >= 15 is 0 Å². The van der Waals surface area contributed by atoms with E-state index in [2.05, 4.69) is 10.4 Å². The molecule has 0 fully saturated rings. The molecule has 1 aromatic heterocycles. The molecule has 0 saturated heterocycles. The maximum Gasteiger partial charge on any atom is 0.240 e. The molecule has 0 spiro atoms. The average Bonchev–Trinajstić information content (AvgIpc) is 2.68. The van der Waals surface area contributed by atoms with Gasteiger partial charge in [-0.15, -0.1) is 12.4 Å². The Kier molecular flexibility index (Phi) is 5.30. The largest absolute Gasteiger partial charge is 0.325 e. The fraction of sp³-hybridized carbons (Fsp3) is 0.286. The van der Waals surface area contributed by atoms with Crippen LogP contribution in [-0.4, -0.2) is 21.7 Å². The van der Waals surface area contributed by atoms with Crippen molar-refractivity contribution in [2.75, 3.05) is 5.32 Å². The molecule has 0 bridgehead atoms. The second-order valence-electron chi connectivity index (χ2n) is 4.67. The predicted octanol–water partition coefficient (Wildman–Crippen LogP) is 2.20. The van der Waals surface area contributed by atoms with E-state index in [-0.39, 0.29) is 18.3 Å². The summed E-state index contributed by atoms with van der Waals surface area (Å²) in [6.07, 6.45) is 0. The lowest BCUT2D eigenvalue weighted by Crippen LogP contribution is -2.32. The number of nitrogens with two attached hydrogens (primary N) is 1. The van der Waals surface area contributed by atoms with Crippen molar-refractivity contribution in [3.05, 3.63) is 41.7 Å². The molecule has 5 nitrogen and oxygen atoms in total. The molecular weight excluding hydrogens is 276 g/mol. The molecule has 1 amide bonds. The van der Waals surface area contributed by atoms with Crippen LogP contribution in [0.4, 0.5) is 5.69 Å². The molecule has 1 aromatic carbocycles. The number of halogens is 1. The molecular formula is C14H19ClN4O. The van der Waals surface area contributed by atoms with Crippen LogP contribution in [-0.2, 0) is 4.79 Å². The third-order valence-electron chi connectivity index (χ3n) is 2.78. The number of amides is 1. The lowest BCUT2D eigenvalue weighted by molar-refractivity contribution is -0.117. The summed E-state index contributed by atoms with van der Waals surface area (Å²) in [4.78, 5) is 11.6. The first-order valence-corrected chi connectivity index (χ1v) is 6.17. The molecule has 1 atom stereocenters. The number of rotatable bonds is 3. The van der Waals surface area contributed by atoms with Crippen LogP contribution < -0.4 is 11.1 Å².